The molecular formula is C13H18BrNO2S. The maximum Gasteiger partial charge on any atom is 0.240 e. The van der Waals surface area contributed by atoms with E-state index in [9.17, 15) is 8.42 Å². The highest BCUT2D eigenvalue weighted by Crippen LogP contribution is 2.46. The zero-order valence-corrected chi connectivity index (χ0v) is 13.1. The van der Waals surface area contributed by atoms with Crippen LogP contribution in [0.1, 0.15) is 24.0 Å². The average Bonchev–Trinajstić information content (AvgIpc) is 3.11. The van der Waals surface area contributed by atoms with Crippen LogP contribution in [0.3, 0.4) is 0 Å². The second kappa shape index (κ2) is 4.94. The molecule has 100 valence electrons. The van der Waals surface area contributed by atoms with Gasteiger partial charge in [-0.1, -0.05) is 22.0 Å². The van der Waals surface area contributed by atoms with E-state index < -0.39 is 10.0 Å². The largest absolute Gasteiger partial charge is 0.240 e. The lowest BCUT2D eigenvalue weighted by Crippen LogP contribution is -2.31. The molecule has 1 aromatic rings. The van der Waals surface area contributed by atoms with Gasteiger partial charge in [-0.25, -0.2) is 13.1 Å². The number of sulfonamides is 1. The van der Waals surface area contributed by atoms with Gasteiger partial charge in [-0.3, -0.25) is 0 Å². The Bertz CT molecular complexity index is 550. The fraction of sp³-hybridized carbons (Fsp3) is 0.538. The molecule has 0 saturated heterocycles. The third-order valence-corrected chi connectivity index (χ3v) is 6.25. The van der Waals surface area contributed by atoms with Gasteiger partial charge in [0.15, 0.2) is 0 Å². The average molecular weight is 332 g/mol. The van der Waals surface area contributed by atoms with Crippen molar-refractivity contribution in [1.82, 2.24) is 4.72 Å². The number of benzene rings is 1. The Morgan fingerprint density at radius 1 is 1.28 bits per heavy atom. The Hall–Kier alpha value is -0.390. The number of hydrogen-bond donors (Lipinski definition) is 1. The molecule has 1 fully saturated rings. The van der Waals surface area contributed by atoms with Crippen molar-refractivity contribution in [2.75, 3.05) is 11.9 Å². The predicted molar refractivity (Wildman–Crippen MR) is 76.6 cm³/mol. The lowest BCUT2D eigenvalue weighted by Gasteiger charge is -2.13. The first-order chi connectivity index (χ1) is 8.38. The van der Waals surface area contributed by atoms with Gasteiger partial charge in [0, 0.05) is 11.9 Å². The summed E-state index contributed by atoms with van der Waals surface area (Å²) in [5.74, 6) is 0. The molecule has 0 atom stereocenters. The summed E-state index contributed by atoms with van der Waals surface area (Å²) in [6, 6.07) is 5.24. The molecule has 1 N–H and O–H groups in total. The summed E-state index contributed by atoms with van der Waals surface area (Å²) in [7, 11) is -3.37. The van der Waals surface area contributed by atoms with Gasteiger partial charge >= 0.3 is 0 Å². The number of halogens is 1. The lowest BCUT2D eigenvalue weighted by molar-refractivity contribution is 0.538. The number of aryl methyl sites for hydroxylation is 2. The first-order valence-corrected chi connectivity index (χ1v) is 8.62. The molecule has 0 radical (unpaired) electrons. The van der Waals surface area contributed by atoms with Gasteiger partial charge in [0.25, 0.3) is 0 Å². The van der Waals surface area contributed by atoms with Crippen molar-refractivity contribution in [3.63, 3.8) is 0 Å². The molecule has 0 unspecified atom stereocenters. The molecule has 1 aliphatic carbocycles. The van der Waals surface area contributed by atoms with E-state index in [1.165, 1.54) is 0 Å². The molecule has 18 heavy (non-hydrogen) atoms. The van der Waals surface area contributed by atoms with Crippen molar-refractivity contribution in [2.24, 2.45) is 5.41 Å². The van der Waals surface area contributed by atoms with Crippen molar-refractivity contribution >= 4 is 26.0 Å². The van der Waals surface area contributed by atoms with Gasteiger partial charge in [-0.15, -0.1) is 0 Å². The van der Waals surface area contributed by atoms with Crippen LogP contribution in [0.2, 0.25) is 0 Å². The van der Waals surface area contributed by atoms with Gasteiger partial charge in [0.2, 0.25) is 10.0 Å². The maximum atomic E-state index is 12.2. The Morgan fingerprint density at radius 3 is 2.44 bits per heavy atom. The fourth-order valence-corrected chi connectivity index (χ4v) is 3.75. The minimum Gasteiger partial charge on any atom is -0.211 e. The molecule has 0 aromatic heterocycles. The highest BCUT2D eigenvalue weighted by molar-refractivity contribution is 9.09. The highest BCUT2D eigenvalue weighted by atomic mass is 79.9. The summed E-state index contributed by atoms with van der Waals surface area (Å²) in [5.41, 5.74) is 2.25. The standard InChI is InChI=1S/C13H18BrNO2S/c1-10-3-4-12(7-11(10)2)18(16,17)15-9-13(8-14)5-6-13/h3-4,7,15H,5-6,8-9H2,1-2H3. The molecule has 1 aromatic carbocycles. The SMILES string of the molecule is Cc1ccc(S(=O)(=O)NCC2(CBr)CC2)cc1C. The minimum atomic E-state index is -3.37. The molecule has 5 heteroatoms. The fourth-order valence-electron chi connectivity index (χ4n) is 1.75. The van der Waals surface area contributed by atoms with Gasteiger partial charge < -0.3 is 0 Å². The van der Waals surface area contributed by atoms with E-state index >= 15 is 0 Å². The van der Waals surface area contributed by atoms with Gasteiger partial charge in [-0.2, -0.15) is 0 Å². The van der Waals surface area contributed by atoms with Crippen LogP contribution < -0.4 is 4.72 Å². The smallest absolute Gasteiger partial charge is 0.211 e. The summed E-state index contributed by atoms with van der Waals surface area (Å²) in [6.07, 6.45) is 2.18. The van der Waals surface area contributed by atoms with Gasteiger partial charge in [0.1, 0.15) is 0 Å². The predicted octanol–water partition coefficient (Wildman–Crippen LogP) is 2.76. The monoisotopic (exact) mass is 331 g/mol. The van der Waals surface area contributed by atoms with Crippen LogP contribution in [0.4, 0.5) is 0 Å². The van der Waals surface area contributed by atoms with Crippen molar-refractivity contribution in [2.45, 2.75) is 31.6 Å². The first kappa shape index (κ1) is 14.0. The summed E-state index contributed by atoms with van der Waals surface area (Å²) in [4.78, 5) is 0.357. The van der Waals surface area contributed by atoms with Crippen molar-refractivity contribution in [3.8, 4) is 0 Å². The third kappa shape index (κ3) is 2.95. The zero-order valence-electron chi connectivity index (χ0n) is 10.7. The van der Waals surface area contributed by atoms with Gasteiger partial charge in [0.05, 0.1) is 4.90 Å². The Balaban J connectivity index is 2.13. The van der Waals surface area contributed by atoms with Crippen LogP contribution in [-0.2, 0) is 10.0 Å². The van der Waals surface area contributed by atoms with Crippen molar-refractivity contribution < 1.29 is 8.42 Å². The second-order valence-electron chi connectivity index (χ2n) is 5.20. The normalized spacial score (nSPS) is 17.7. The number of alkyl halides is 1. The van der Waals surface area contributed by atoms with Crippen LogP contribution >= 0.6 is 15.9 Å². The molecule has 1 aliphatic rings. The number of rotatable bonds is 5. The molecule has 0 bridgehead atoms. The highest BCUT2D eigenvalue weighted by Gasteiger charge is 2.42. The molecular weight excluding hydrogens is 314 g/mol. The van der Waals surface area contributed by atoms with Gasteiger partial charge in [-0.05, 0) is 55.4 Å². The Kier molecular flexibility index (Phi) is 3.85. The summed E-state index contributed by atoms with van der Waals surface area (Å²) in [5, 5.41) is 0.857. The van der Waals surface area contributed by atoms with E-state index in [2.05, 4.69) is 20.7 Å². The topological polar surface area (TPSA) is 46.2 Å². The zero-order chi connectivity index (χ0) is 13.4. The molecule has 0 spiro atoms. The molecule has 0 aliphatic heterocycles. The second-order valence-corrected chi connectivity index (χ2v) is 7.53. The quantitative estimate of drug-likeness (QED) is 0.843. The maximum absolute atomic E-state index is 12.2. The molecule has 0 heterocycles. The molecule has 1 saturated carbocycles. The Morgan fingerprint density at radius 2 is 1.94 bits per heavy atom. The Labute approximate surface area is 117 Å². The van der Waals surface area contributed by atoms with E-state index in [0.717, 1.165) is 29.3 Å². The molecule has 3 nitrogen and oxygen atoms in total. The van der Waals surface area contributed by atoms with Crippen LogP contribution in [-0.4, -0.2) is 20.3 Å². The van der Waals surface area contributed by atoms with E-state index in [4.69, 9.17) is 0 Å². The lowest BCUT2D eigenvalue weighted by atomic mass is 10.1. The summed E-state index contributed by atoms with van der Waals surface area (Å²) >= 11 is 3.44. The van der Waals surface area contributed by atoms with Crippen LogP contribution in [0.15, 0.2) is 23.1 Å². The van der Waals surface area contributed by atoms with Crippen LogP contribution in [0, 0.1) is 19.3 Å². The molecule has 2 rings (SSSR count). The molecule has 0 amide bonds. The van der Waals surface area contributed by atoms with Crippen LogP contribution in [0.25, 0.3) is 0 Å². The summed E-state index contributed by atoms with van der Waals surface area (Å²) < 4.78 is 27.0. The van der Waals surface area contributed by atoms with E-state index in [1.54, 1.807) is 12.1 Å². The summed E-state index contributed by atoms with van der Waals surface area (Å²) in [6.45, 7) is 4.42. The van der Waals surface area contributed by atoms with E-state index in [0.29, 0.717) is 11.4 Å². The van der Waals surface area contributed by atoms with E-state index in [1.807, 2.05) is 19.9 Å². The number of nitrogens with one attached hydrogen (secondary N) is 1. The third-order valence-electron chi connectivity index (χ3n) is 3.67. The number of hydrogen-bond acceptors (Lipinski definition) is 2. The van der Waals surface area contributed by atoms with Crippen molar-refractivity contribution in [3.05, 3.63) is 29.3 Å². The first-order valence-electron chi connectivity index (χ1n) is 6.01. The van der Waals surface area contributed by atoms with E-state index in [-0.39, 0.29) is 5.41 Å². The van der Waals surface area contributed by atoms with Crippen LogP contribution in [0.5, 0.6) is 0 Å². The van der Waals surface area contributed by atoms with Crippen molar-refractivity contribution in [1.29, 1.82) is 0 Å². The minimum absolute atomic E-state index is 0.146.